The van der Waals surface area contributed by atoms with Gasteiger partial charge in [-0.25, -0.2) is 0 Å². The highest BCUT2D eigenvalue weighted by Crippen LogP contribution is 2.29. The summed E-state index contributed by atoms with van der Waals surface area (Å²) in [5.74, 6) is 0.707. The summed E-state index contributed by atoms with van der Waals surface area (Å²) < 4.78 is 5.25. The van der Waals surface area contributed by atoms with Crippen LogP contribution in [0.2, 0.25) is 10.0 Å². The molecule has 2 N–H and O–H groups in total. The van der Waals surface area contributed by atoms with E-state index in [1.54, 1.807) is 19.2 Å². The molecular weight excluding hydrogens is 335 g/mol. The predicted molar refractivity (Wildman–Crippen MR) is 94.4 cm³/mol. The van der Waals surface area contributed by atoms with Gasteiger partial charge in [-0.2, -0.15) is 0 Å². The molecule has 1 amide bonds. The van der Waals surface area contributed by atoms with Crippen LogP contribution in [0.5, 0.6) is 5.75 Å². The second-order valence-corrected chi connectivity index (χ2v) is 5.65. The summed E-state index contributed by atoms with van der Waals surface area (Å²) in [5.41, 5.74) is 1.66. The highest BCUT2D eigenvalue weighted by Gasteiger charge is 2.07. The third-order valence-corrected chi connectivity index (χ3v) is 4.11. The van der Waals surface area contributed by atoms with Gasteiger partial charge in [0.25, 0.3) is 0 Å². The van der Waals surface area contributed by atoms with E-state index in [4.69, 9.17) is 27.9 Å². The van der Waals surface area contributed by atoms with E-state index in [1.165, 1.54) is 0 Å². The van der Waals surface area contributed by atoms with Crippen LogP contribution in [0.3, 0.4) is 0 Å². The van der Waals surface area contributed by atoms with Gasteiger partial charge in [0.15, 0.2) is 0 Å². The summed E-state index contributed by atoms with van der Waals surface area (Å²) in [6, 6.07) is 12.9. The minimum absolute atomic E-state index is 0.0541. The number of carbonyl (C=O) groups is 1. The Bertz CT molecular complexity index is 677. The molecule has 0 radical (unpaired) electrons. The molecule has 0 saturated carbocycles. The molecule has 2 rings (SSSR count). The number of amides is 1. The van der Waals surface area contributed by atoms with E-state index >= 15 is 0 Å². The lowest BCUT2D eigenvalue weighted by Crippen LogP contribution is -2.25. The van der Waals surface area contributed by atoms with Gasteiger partial charge in [0.1, 0.15) is 5.75 Å². The van der Waals surface area contributed by atoms with E-state index in [0.717, 1.165) is 17.0 Å². The first kappa shape index (κ1) is 17.4. The van der Waals surface area contributed by atoms with Gasteiger partial charge >= 0.3 is 0 Å². The molecule has 0 aromatic heterocycles. The molecule has 23 heavy (non-hydrogen) atoms. The smallest absolute Gasteiger partial charge is 0.222 e. The molecule has 0 aliphatic rings. The van der Waals surface area contributed by atoms with E-state index in [2.05, 4.69) is 10.6 Å². The summed E-state index contributed by atoms with van der Waals surface area (Å²) >= 11 is 12.0. The van der Waals surface area contributed by atoms with Gasteiger partial charge in [0.05, 0.1) is 22.8 Å². The average molecular weight is 353 g/mol. The van der Waals surface area contributed by atoms with E-state index < -0.39 is 0 Å². The minimum Gasteiger partial charge on any atom is -0.496 e. The van der Waals surface area contributed by atoms with Crippen molar-refractivity contribution in [3.8, 4) is 5.75 Å². The topological polar surface area (TPSA) is 50.4 Å². The zero-order chi connectivity index (χ0) is 16.7. The fourth-order valence-corrected chi connectivity index (χ4v) is 2.45. The molecule has 4 nitrogen and oxygen atoms in total. The largest absolute Gasteiger partial charge is 0.496 e. The molecule has 2 aromatic carbocycles. The van der Waals surface area contributed by atoms with Crippen molar-refractivity contribution in [2.75, 3.05) is 19.0 Å². The molecule has 122 valence electrons. The van der Waals surface area contributed by atoms with Crippen LogP contribution < -0.4 is 15.4 Å². The molecule has 0 spiro atoms. The zero-order valence-electron chi connectivity index (χ0n) is 12.7. The van der Waals surface area contributed by atoms with Crippen molar-refractivity contribution in [3.63, 3.8) is 0 Å². The molecule has 0 aliphatic heterocycles. The summed E-state index contributed by atoms with van der Waals surface area (Å²) in [7, 11) is 1.61. The second kappa shape index (κ2) is 8.65. The predicted octanol–water partition coefficient (Wildman–Crippen LogP) is 4.12. The van der Waals surface area contributed by atoms with Crippen LogP contribution in [0.1, 0.15) is 12.0 Å². The fraction of sp³-hybridized carbons (Fsp3) is 0.235. The van der Waals surface area contributed by atoms with Gasteiger partial charge in [-0.3, -0.25) is 4.79 Å². The van der Waals surface area contributed by atoms with E-state index in [1.807, 2.05) is 30.3 Å². The van der Waals surface area contributed by atoms with Gasteiger partial charge in [0.2, 0.25) is 5.91 Å². The molecule has 0 fully saturated rings. The lowest BCUT2D eigenvalue weighted by Gasteiger charge is -2.11. The van der Waals surface area contributed by atoms with Crippen molar-refractivity contribution in [2.24, 2.45) is 0 Å². The van der Waals surface area contributed by atoms with Gasteiger partial charge < -0.3 is 15.4 Å². The number of anilines is 1. The van der Waals surface area contributed by atoms with E-state index in [-0.39, 0.29) is 5.91 Å². The number of benzene rings is 2. The average Bonchev–Trinajstić information content (AvgIpc) is 2.57. The summed E-state index contributed by atoms with van der Waals surface area (Å²) in [4.78, 5) is 11.9. The van der Waals surface area contributed by atoms with Gasteiger partial charge in [-0.1, -0.05) is 47.5 Å². The molecule has 0 unspecified atom stereocenters. The van der Waals surface area contributed by atoms with Crippen molar-refractivity contribution in [3.05, 3.63) is 58.1 Å². The van der Waals surface area contributed by atoms with Crippen LogP contribution in [-0.4, -0.2) is 19.6 Å². The lowest BCUT2D eigenvalue weighted by molar-refractivity contribution is -0.121. The maximum Gasteiger partial charge on any atom is 0.222 e. The highest BCUT2D eigenvalue weighted by molar-refractivity contribution is 6.43. The first-order chi connectivity index (χ1) is 11.1. The number of halogens is 2. The van der Waals surface area contributed by atoms with Gasteiger partial charge in [-0.05, 0) is 18.2 Å². The van der Waals surface area contributed by atoms with Gasteiger partial charge in [-0.15, -0.1) is 0 Å². The number of para-hydroxylation sites is 1. The zero-order valence-corrected chi connectivity index (χ0v) is 14.2. The van der Waals surface area contributed by atoms with Crippen molar-refractivity contribution in [2.45, 2.75) is 13.0 Å². The Hall–Kier alpha value is -1.91. The number of hydrogen-bond acceptors (Lipinski definition) is 3. The van der Waals surface area contributed by atoms with Gasteiger partial charge in [0, 0.05) is 25.1 Å². The Morgan fingerprint density at radius 1 is 1.13 bits per heavy atom. The molecule has 0 atom stereocenters. The SMILES string of the molecule is COc1ccccc1CNC(=O)CCNc1cccc(Cl)c1Cl. The number of ether oxygens (including phenoxy) is 1. The minimum atomic E-state index is -0.0541. The molecule has 0 bridgehead atoms. The Morgan fingerprint density at radius 3 is 2.70 bits per heavy atom. The Balaban J connectivity index is 1.78. The molecule has 0 saturated heterocycles. The van der Waals surface area contributed by atoms with Crippen LogP contribution in [0.25, 0.3) is 0 Å². The van der Waals surface area contributed by atoms with Crippen molar-refractivity contribution >= 4 is 34.8 Å². The van der Waals surface area contributed by atoms with Crippen LogP contribution in [-0.2, 0) is 11.3 Å². The second-order valence-electron chi connectivity index (χ2n) is 4.87. The molecule has 0 heterocycles. The number of hydrogen-bond donors (Lipinski definition) is 2. The third kappa shape index (κ3) is 5.05. The lowest BCUT2D eigenvalue weighted by atomic mass is 10.2. The monoisotopic (exact) mass is 352 g/mol. The molecule has 6 heteroatoms. The number of methoxy groups -OCH3 is 1. The molecular formula is C17H18Cl2N2O2. The van der Waals surface area contributed by atoms with Crippen LogP contribution >= 0.6 is 23.2 Å². The maximum atomic E-state index is 11.9. The first-order valence-corrected chi connectivity index (χ1v) is 7.94. The maximum absolute atomic E-state index is 11.9. The van der Waals surface area contributed by atoms with Crippen molar-refractivity contribution < 1.29 is 9.53 Å². The fourth-order valence-electron chi connectivity index (χ4n) is 2.08. The van der Waals surface area contributed by atoms with Crippen LogP contribution in [0.15, 0.2) is 42.5 Å². The van der Waals surface area contributed by atoms with E-state index in [0.29, 0.717) is 29.6 Å². The van der Waals surface area contributed by atoms with Crippen LogP contribution in [0.4, 0.5) is 5.69 Å². The summed E-state index contributed by atoms with van der Waals surface area (Å²) in [5, 5.41) is 6.92. The van der Waals surface area contributed by atoms with Crippen molar-refractivity contribution in [1.82, 2.24) is 5.32 Å². The highest BCUT2D eigenvalue weighted by atomic mass is 35.5. The number of carbonyl (C=O) groups excluding carboxylic acids is 1. The standard InChI is InChI=1S/C17H18Cl2N2O2/c1-23-15-8-3-2-5-12(15)11-21-16(22)9-10-20-14-7-4-6-13(18)17(14)19/h2-8,20H,9-11H2,1H3,(H,21,22). The van der Waals surface area contributed by atoms with E-state index in [9.17, 15) is 4.79 Å². The molecule has 2 aromatic rings. The summed E-state index contributed by atoms with van der Waals surface area (Å²) in [6.07, 6.45) is 0.331. The Labute approximate surface area is 145 Å². The third-order valence-electron chi connectivity index (χ3n) is 3.29. The van der Waals surface area contributed by atoms with Crippen LogP contribution in [0, 0.1) is 0 Å². The first-order valence-electron chi connectivity index (χ1n) is 7.18. The number of nitrogens with one attached hydrogen (secondary N) is 2. The summed E-state index contributed by atoms with van der Waals surface area (Å²) in [6.45, 7) is 0.901. The molecule has 0 aliphatic carbocycles. The quantitative estimate of drug-likeness (QED) is 0.787. The van der Waals surface area contributed by atoms with Crippen molar-refractivity contribution in [1.29, 1.82) is 0 Å². The Morgan fingerprint density at radius 2 is 1.91 bits per heavy atom. The number of rotatable bonds is 7. The normalized spacial score (nSPS) is 10.2. The Kier molecular flexibility index (Phi) is 6.56.